The van der Waals surface area contributed by atoms with Crippen molar-refractivity contribution in [2.75, 3.05) is 11.2 Å². The molecule has 2 nitrogen and oxygen atoms in total. The number of thioether (sulfide) groups is 1. The molecule has 0 aliphatic carbocycles. The van der Waals surface area contributed by atoms with E-state index in [1.807, 2.05) is 13.0 Å². The van der Waals surface area contributed by atoms with E-state index < -0.39 is 7.37 Å². The van der Waals surface area contributed by atoms with E-state index in [2.05, 4.69) is 0 Å². The summed E-state index contributed by atoms with van der Waals surface area (Å²) in [7, 11) is -3.10. The van der Waals surface area contributed by atoms with Gasteiger partial charge in [-0.15, -0.1) is 0 Å². The van der Waals surface area contributed by atoms with E-state index in [9.17, 15) is 9.46 Å². The van der Waals surface area contributed by atoms with Crippen LogP contribution in [0.5, 0.6) is 0 Å². The SMILES string of the molecule is CCSCP(=O)(O)c1ccccc1. The molecule has 13 heavy (non-hydrogen) atoms. The molecule has 0 bridgehead atoms. The van der Waals surface area contributed by atoms with Crippen LogP contribution in [0.2, 0.25) is 0 Å². The van der Waals surface area contributed by atoms with Crippen LogP contribution in [0, 0.1) is 0 Å². The summed E-state index contributed by atoms with van der Waals surface area (Å²) in [5.41, 5.74) is 0.313. The highest BCUT2D eigenvalue weighted by atomic mass is 32.2. The molecule has 1 rings (SSSR count). The fraction of sp³-hybridized carbons (Fsp3) is 0.333. The van der Waals surface area contributed by atoms with Crippen molar-refractivity contribution in [3.05, 3.63) is 30.3 Å². The second-order valence-corrected chi connectivity index (χ2v) is 6.60. The summed E-state index contributed by atoms with van der Waals surface area (Å²) in [5, 5.41) is 0.552. The smallest absolute Gasteiger partial charge is 0.239 e. The molecule has 0 fully saturated rings. The van der Waals surface area contributed by atoms with Gasteiger partial charge in [0.05, 0.1) is 5.49 Å². The van der Waals surface area contributed by atoms with Crippen LogP contribution in [0.15, 0.2) is 30.3 Å². The molecule has 0 radical (unpaired) electrons. The summed E-state index contributed by atoms with van der Waals surface area (Å²) in [6, 6.07) is 8.83. The van der Waals surface area contributed by atoms with E-state index in [4.69, 9.17) is 0 Å². The Hall–Kier alpha value is -0.240. The Morgan fingerprint density at radius 3 is 2.54 bits per heavy atom. The van der Waals surface area contributed by atoms with Gasteiger partial charge in [0.15, 0.2) is 0 Å². The molecule has 0 aromatic heterocycles. The summed E-state index contributed by atoms with van der Waals surface area (Å²) >= 11 is 1.50. The van der Waals surface area contributed by atoms with Gasteiger partial charge < -0.3 is 4.89 Å². The first-order valence-electron chi connectivity index (χ1n) is 4.12. The van der Waals surface area contributed by atoms with Crippen LogP contribution in [0.3, 0.4) is 0 Å². The molecule has 4 heteroatoms. The molecular formula is C9H13O2PS. The molecule has 0 aliphatic heterocycles. The standard InChI is InChI=1S/C9H13O2PS/c1-2-13-8-12(10,11)9-6-4-3-5-7-9/h3-7H,2,8H2,1H3,(H,10,11). The predicted octanol–water partition coefficient (Wildman–Crippen LogP) is 2.29. The van der Waals surface area contributed by atoms with E-state index in [1.165, 1.54) is 11.8 Å². The van der Waals surface area contributed by atoms with E-state index >= 15 is 0 Å². The van der Waals surface area contributed by atoms with Crippen molar-refractivity contribution in [2.45, 2.75) is 6.92 Å². The molecule has 0 heterocycles. The zero-order chi connectivity index (χ0) is 9.73. The molecule has 1 aromatic carbocycles. The van der Waals surface area contributed by atoms with Gasteiger partial charge in [-0.25, -0.2) is 0 Å². The zero-order valence-corrected chi connectivity index (χ0v) is 9.22. The molecule has 1 N–H and O–H groups in total. The predicted molar refractivity (Wildman–Crippen MR) is 58.9 cm³/mol. The number of benzene rings is 1. The Labute approximate surface area is 82.8 Å². The van der Waals surface area contributed by atoms with Gasteiger partial charge in [-0.05, 0) is 17.9 Å². The molecule has 0 aliphatic rings. The lowest BCUT2D eigenvalue weighted by molar-refractivity contribution is 0.495. The van der Waals surface area contributed by atoms with Gasteiger partial charge in [0.25, 0.3) is 0 Å². The molecule has 0 saturated heterocycles. The van der Waals surface area contributed by atoms with Crippen LogP contribution >= 0.6 is 19.1 Å². The van der Waals surface area contributed by atoms with Crippen LogP contribution in [0.1, 0.15) is 6.92 Å². The van der Waals surface area contributed by atoms with E-state index in [0.29, 0.717) is 10.8 Å². The van der Waals surface area contributed by atoms with Crippen LogP contribution in [-0.4, -0.2) is 16.1 Å². The van der Waals surface area contributed by atoms with Gasteiger partial charge in [-0.2, -0.15) is 11.8 Å². The van der Waals surface area contributed by atoms with E-state index in [-0.39, 0.29) is 0 Å². The van der Waals surface area contributed by atoms with Crippen molar-refractivity contribution in [2.24, 2.45) is 0 Å². The molecule has 0 amide bonds. The van der Waals surface area contributed by atoms with Crippen molar-refractivity contribution < 1.29 is 9.46 Å². The number of rotatable bonds is 4. The molecule has 72 valence electrons. The highest BCUT2D eigenvalue weighted by Gasteiger charge is 2.19. The van der Waals surface area contributed by atoms with Crippen molar-refractivity contribution in [3.8, 4) is 0 Å². The maximum absolute atomic E-state index is 11.7. The quantitative estimate of drug-likeness (QED) is 0.784. The third-order valence-corrected chi connectivity index (χ3v) is 5.27. The maximum atomic E-state index is 11.7. The van der Waals surface area contributed by atoms with Gasteiger partial charge in [0.2, 0.25) is 7.37 Å². The Morgan fingerprint density at radius 2 is 2.00 bits per heavy atom. The van der Waals surface area contributed by atoms with E-state index in [0.717, 1.165) is 5.75 Å². The van der Waals surface area contributed by atoms with Crippen molar-refractivity contribution in [1.82, 2.24) is 0 Å². The first kappa shape index (κ1) is 10.8. The van der Waals surface area contributed by atoms with Gasteiger partial charge in [0.1, 0.15) is 0 Å². The number of hydrogen-bond donors (Lipinski definition) is 1. The third-order valence-electron chi connectivity index (χ3n) is 1.63. The zero-order valence-electron chi connectivity index (χ0n) is 7.51. The largest absolute Gasteiger partial charge is 0.341 e. The normalized spacial score (nSPS) is 15.2. The van der Waals surface area contributed by atoms with E-state index in [1.54, 1.807) is 24.3 Å². The second kappa shape index (κ2) is 4.85. The fourth-order valence-corrected chi connectivity index (χ4v) is 3.90. The minimum absolute atomic E-state index is 0.313. The van der Waals surface area contributed by atoms with Gasteiger partial charge in [-0.1, -0.05) is 25.1 Å². The van der Waals surface area contributed by atoms with Gasteiger partial charge >= 0.3 is 0 Å². The summed E-state index contributed by atoms with van der Waals surface area (Å²) in [6.45, 7) is 1.98. The first-order valence-corrected chi connectivity index (χ1v) is 7.12. The topological polar surface area (TPSA) is 37.3 Å². The van der Waals surface area contributed by atoms with Crippen LogP contribution in [-0.2, 0) is 4.57 Å². The lowest BCUT2D eigenvalue weighted by atomic mass is 10.4. The molecular weight excluding hydrogens is 203 g/mol. The van der Waals surface area contributed by atoms with Crippen molar-refractivity contribution in [1.29, 1.82) is 0 Å². The maximum Gasteiger partial charge on any atom is 0.239 e. The Kier molecular flexibility index (Phi) is 4.04. The average molecular weight is 216 g/mol. The Bertz CT molecular complexity index is 300. The van der Waals surface area contributed by atoms with Crippen molar-refractivity contribution in [3.63, 3.8) is 0 Å². The van der Waals surface area contributed by atoms with Crippen LogP contribution < -0.4 is 5.30 Å². The minimum atomic E-state index is -3.10. The van der Waals surface area contributed by atoms with Gasteiger partial charge in [-0.3, -0.25) is 4.57 Å². The highest BCUT2D eigenvalue weighted by Crippen LogP contribution is 2.42. The first-order chi connectivity index (χ1) is 6.17. The second-order valence-electron chi connectivity index (χ2n) is 2.66. The summed E-state index contributed by atoms with van der Waals surface area (Å²) in [4.78, 5) is 9.65. The lowest BCUT2D eigenvalue weighted by Crippen LogP contribution is -2.04. The summed E-state index contributed by atoms with van der Waals surface area (Å²) in [5.74, 6) is 0.872. The van der Waals surface area contributed by atoms with Gasteiger partial charge in [0, 0.05) is 5.30 Å². The number of hydrogen-bond acceptors (Lipinski definition) is 2. The molecule has 1 unspecified atom stereocenters. The molecule has 0 saturated carbocycles. The summed E-state index contributed by atoms with van der Waals surface area (Å²) < 4.78 is 11.7. The third kappa shape index (κ3) is 3.18. The Balaban J connectivity index is 2.76. The molecule has 0 spiro atoms. The summed E-state index contributed by atoms with van der Waals surface area (Å²) in [6.07, 6.45) is 0. The minimum Gasteiger partial charge on any atom is -0.341 e. The lowest BCUT2D eigenvalue weighted by Gasteiger charge is -2.09. The fourth-order valence-electron chi connectivity index (χ4n) is 0.950. The van der Waals surface area contributed by atoms with Crippen LogP contribution in [0.4, 0.5) is 0 Å². The monoisotopic (exact) mass is 216 g/mol. The highest BCUT2D eigenvalue weighted by molar-refractivity contribution is 8.05. The average Bonchev–Trinajstić information content (AvgIpc) is 2.16. The van der Waals surface area contributed by atoms with Crippen LogP contribution in [0.25, 0.3) is 0 Å². The van der Waals surface area contributed by atoms with Crippen molar-refractivity contribution >= 4 is 24.4 Å². The molecule has 1 atom stereocenters. The molecule has 1 aromatic rings. The Morgan fingerprint density at radius 1 is 1.38 bits per heavy atom.